The first-order valence-electron chi connectivity index (χ1n) is 6.33. The molecule has 0 saturated heterocycles. The zero-order valence-corrected chi connectivity index (χ0v) is 13.2. The fourth-order valence-electron chi connectivity index (χ4n) is 2.28. The van der Waals surface area contributed by atoms with Gasteiger partial charge < -0.3 is 10.1 Å². The van der Waals surface area contributed by atoms with Crippen LogP contribution in [-0.2, 0) is 0 Å². The van der Waals surface area contributed by atoms with Gasteiger partial charge in [-0.05, 0) is 49.4 Å². The van der Waals surface area contributed by atoms with Gasteiger partial charge in [-0.3, -0.25) is 0 Å². The number of benzene rings is 2. The molecule has 2 nitrogen and oxygen atoms in total. The van der Waals surface area contributed by atoms with E-state index >= 15 is 0 Å². The van der Waals surface area contributed by atoms with Gasteiger partial charge in [-0.2, -0.15) is 0 Å². The Hall–Kier alpha value is -1.22. The van der Waals surface area contributed by atoms with Crippen molar-refractivity contribution in [1.29, 1.82) is 0 Å². The van der Waals surface area contributed by atoms with Crippen molar-refractivity contribution < 1.29 is 4.74 Å². The van der Waals surface area contributed by atoms with Crippen molar-refractivity contribution in [1.82, 2.24) is 5.32 Å². The van der Waals surface area contributed by atoms with Gasteiger partial charge >= 0.3 is 0 Å². The highest BCUT2D eigenvalue weighted by molar-refractivity contribution is 6.31. The molecule has 0 aliphatic rings. The lowest BCUT2D eigenvalue weighted by atomic mass is 9.96. The molecule has 2 aromatic carbocycles. The summed E-state index contributed by atoms with van der Waals surface area (Å²) >= 11 is 12.2. The van der Waals surface area contributed by atoms with E-state index in [1.807, 2.05) is 44.3 Å². The van der Waals surface area contributed by atoms with Crippen LogP contribution < -0.4 is 10.1 Å². The molecule has 1 N–H and O–H groups in total. The second-order valence-corrected chi connectivity index (χ2v) is 5.46. The molecule has 0 saturated carbocycles. The molecular formula is C16H17Cl2NO. The van der Waals surface area contributed by atoms with Crippen molar-refractivity contribution in [3.8, 4) is 5.75 Å². The molecule has 0 fully saturated rings. The van der Waals surface area contributed by atoms with Crippen LogP contribution in [0.25, 0.3) is 0 Å². The van der Waals surface area contributed by atoms with Crippen molar-refractivity contribution in [2.75, 3.05) is 14.2 Å². The number of methoxy groups -OCH3 is 1. The first kappa shape index (κ1) is 15.2. The third-order valence-electron chi connectivity index (χ3n) is 3.31. The lowest BCUT2D eigenvalue weighted by Crippen LogP contribution is -2.18. The summed E-state index contributed by atoms with van der Waals surface area (Å²) in [5.41, 5.74) is 3.17. The Labute approximate surface area is 129 Å². The van der Waals surface area contributed by atoms with E-state index in [0.29, 0.717) is 5.02 Å². The number of hydrogen-bond acceptors (Lipinski definition) is 2. The summed E-state index contributed by atoms with van der Waals surface area (Å²) in [6.07, 6.45) is 0. The smallest absolute Gasteiger partial charge is 0.124 e. The summed E-state index contributed by atoms with van der Waals surface area (Å²) in [6.45, 7) is 1.99. The number of ether oxygens (including phenoxy) is 1. The summed E-state index contributed by atoms with van der Waals surface area (Å²) in [7, 11) is 3.57. The molecule has 2 aromatic rings. The molecule has 0 aliphatic carbocycles. The highest BCUT2D eigenvalue weighted by Gasteiger charge is 2.17. The number of hydrogen-bond donors (Lipinski definition) is 1. The zero-order chi connectivity index (χ0) is 14.7. The highest BCUT2D eigenvalue weighted by atomic mass is 35.5. The monoisotopic (exact) mass is 309 g/mol. The van der Waals surface area contributed by atoms with Crippen LogP contribution in [0.15, 0.2) is 36.4 Å². The second kappa shape index (κ2) is 6.49. The van der Waals surface area contributed by atoms with Crippen LogP contribution in [0.1, 0.15) is 22.7 Å². The van der Waals surface area contributed by atoms with Crippen LogP contribution >= 0.6 is 23.2 Å². The number of aryl methyl sites for hydroxylation is 1. The maximum Gasteiger partial charge on any atom is 0.124 e. The molecular weight excluding hydrogens is 293 g/mol. The summed E-state index contributed by atoms with van der Waals surface area (Å²) in [4.78, 5) is 0. The lowest BCUT2D eigenvalue weighted by Gasteiger charge is -2.21. The average Bonchev–Trinajstić information content (AvgIpc) is 2.44. The van der Waals surface area contributed by atoms with E-state index in [1.54, 1.807) is 7.11 Å². The molecule has 0 spiro atoms. The maximum absolute atomic E-state index is 6.11. The normalized spacial score (nSPS) is 12.2. The van der Waals surface area contributed by atoms with Gasteiger partial charge in [0.25, 0.3) is 0 Å². The third kappa shape index (κ3) is 3.09. The maximum atomic E-state index is 6.11. The Morgan fingerprint density at radius 3 is 2.45 bits per heavy atom. The largest absolute Gasteiger partial charge is 0.496 e. The van der Waals surface area contributed by atoms with Crippen molar-refractivity contribution in [3.05, 3.63) is 63.1 Å². The van der Waals surface area contributed by atoms with Crippen LogP contribution in [-0.4, -0.2) is 14.2 Å². The van der Waals surface area contributed by atoms with Crippen LogP contribution in [0, 0.1) is 6.92 Å². The summed E-state index contributed by atoms with van der Waals surface area (Å²) in [5, 5.41) is 4.75. The Morgan fingerprint density at radius 1 is 1.10 bits per heavy atom. The van der Waals surface area contributed by atoms with Crippen LogP contribution in [0.3, 0.4) is 0 Å². The molecule has 0 amide bonds. The third-order valence-corrected chi connectivity index (χ3v) is 3.97. The quantitative estimate of drug-likeness (QED) is 0.890. The molecule has 1 atom stereocenters. The Kier molecular flexibility index (Phi) is 4.92. The first-order chi connectivity index (χ1) is 9.56. The van der Waals surface area contributed by atoms with E-state index < -0.39 is 0 Å². The van der Waals surface area contributed by atoms with E-state index in [9.17, 15) is 0 Å². The molecule has 1 unspecified atom stereocenters. The van der Waals surface area contributed by atoms with Gasteiger partial charge in [0.2, 0.25) is 0 Å². The molecule has 2 rings (SSSR count). The van der Waals surface area contributed by atoms with E-state index in [1.165, 1.54) is 0 Å². The number of halogens is 2. The van der Waals surface area contributed by atoms with Crippen molar-refractivity contribution in [2.24, 2.45) is 0 Å². The summed E-state index contributed by atoms with van der Waals surface area (Å²) in [5.74, 6) is 0.807. The minimum Gasteiger partial charge on any atom is -0.496 e. The first-order valence-corrected chi connectivity index (χ1v) is 7.09. The zero-order valence-electron chi connectivity index (χ0n) is 11.7. The Bertz CT molecular complexity index is 613. The van der Waals surface area contributed by atoms with Gasteiger partial charge in [0.05, 0.1) is 13.2 Å². The number of nitrogens with one attached hydrogen (secondary N) is 1. The SMILES string of the molecule is CNC(c1ccc(Cl)c(C)c1)c1cc(Cl)ccc1OC. The van der Waals surface area contributed by atoms with E-state index in [0.717, 1.165) is 27.5 Å². The Morgan fingerprint density at radius 2 is 1.85 bits per heavy atom. The standard InChI is InChI=1S/C16H17Cl2NO/c1-10-8-11(4-6-14(10)18)16(19-2)13-9-12(17)5-7-15(13)20-3/h4-9,16,19H,1-3H3. The molecule has 4 heteroatoms. The van der Waals surface area contributed by atoms with E-state index in [4.69, 9.17) is 27.9 Å². The predicted octanol–water partition coefficient (Wildman–Crippen LogP) is 4.62. The van der Waals surface area contributed by atoms with Gasteiger partial charge in [0.15, 0.2) is 0 Å². The van der Waals surface area contributed by atoms with E-state index in [2.05, 4.69) is 11.4 Å². The topological polar surface area (TPSA) is 21.3 Å². The minimum atomic E-state index is -0.000355. The van der Waals surface area contributed by atoms with Gasteiger partial charge in [0.1, 0.15) is 5.75 Å². The second-order valence-electron chi connectivity index (χ2n) is 4.62. The highest BCUT2D eigenvalue weighted by Crippen LogP contribution is 2.33. The van der Waals surface area contributed by atoms with Crippen LogP contribution in [0.4, 0.5) is 0 Å². The molecule has 0 aromatic heterocycles. The number of rotatable bonds is 4. The summed E-state index contributed by atoms with van der Waals surface area (Å²) < 4.78 is 5.43. The summed E-state index contributed by atoms with van der Waals surface area (Å²) in [6, 6.07) is 11.6. The predicted molar refractivity (Wildman–Crippen MR) is 85.1 cm³/mol. The average molecular weight is 310 g/mol. The molecule has 0 heterocycles. The Balaban J connectivity index is 2.51. The molecule has 0 radical (unpaired) electrons. The van der Waals surface area contributed by atoms with Gasteiger partial charge in [-0.15, -0.1) is 0 Å². The molecule has 0 bridgehead atoms. The molecule has 20 heavy (non-hydrogen) atoms. The van der Waals surface area contributed by atoms with Crippen LogP contribution in [0.5, 0.6) is 5.75 Å². The lowest BCUT2D eigenvalue weighted by molar-refractivity contribution is 0.405. The van der Waals surface area contributed by atoms with Gasteiger partial charge in [0, 0.05) is 15.6 Å². The van der Waals surface area contributed by atoms with Crippen LogP contribution in [0.2, 0.25) is 10.0 Å². The van der Waals surface area contributed by atoms with Crippen molar-refractivity contribution >= 4 is 23.2 Å². The van der Waals surface area contributed by atoms with Gasteiger partial charge in [-0.25, -0.2) is 0 Å². The van der Waals surface area contributed by atoms with E-state index in [-0.39, 0.29) is 6.04 Å². The molecule has 0 aliphatic heterocycles. The van der Waals surface area contributed by atoms with Gasteiger partial charge in [-0.1, -0.05) is 35.3 Å². The molecule has 106 valence electrons. The fourth-order valence-corrected chi connectivity index (χ4v) is 2.58. The fraction of sp³-hybridized carbons (Fsp3) is 0.250. The van der Waals surface area contributed by atoms with Crippen molar-refractivity contribution in [2.45, 2.75) is 13.0 Å². The van der Waals surface area contributed by atoms with Crippen molar-refractivity contribution in [3.63, 3.8) is 0 Å². The minimum absolute atomic E-state index is 0.000355.